The number of hydrazone groups is 1. The predicted molar refractivity (Wildman–Crippen MR) is 67.5 cm³/mol. The van der Waals surface area contributed by atoms with E-state index in [4.69, 9.17) is 0 Å². The van der Waals surface area contributed by atoms with Crippen LogP contribution in [0, 0.1) is 0 Å². The van der Waals surface area contributed by atoms with Crippen molar-refractivity contribution in [2.75, 3.05) is 7.05 Å². The average Bonchev–Trinajstić information content (AvgIpc) is 2.64. The zero-order valence-corrected chi connectivity index (χ0v) is 9.75. The molecule has 0 spiro atoms. The summed E-state index contributed by atoms with van der Waals surface area (Å²) in [4.78, 5) is 24.5. The standard InChI is InChI=1S/C14H10N2O2/c1-16-11(7-4-8-15-16)12-13(17)9-5-2-3-6-10(9)14(12)18/h2-8H,1H3. The van der Waals surface area contributed by atoms with E-state index < -0.39 is 0 Å². The largest absolute Gasteiger partial charge is 0.288 e. The minimum absolute atomic E-state index is 0.201. The van der Waals surface area contributed by atoms with Gasteiger partial charge in [-0.3, -0.25) is 14.6 Å². The van der Waals surface area contributed by atoms with Crippen molar-refractivity contribution in [3.63, 3.8) is 0 Å². The highest BCUT2D eigenvalue weighted by molar-refractivity contribution is 6.40. The molecule has 0 bridgehead atoms. The van der Waals surface area contributed by atoms with Gasteiger partial charge in [0.2, 0.25) is 0 Å². The molecule has 88 valence electrons. The third-order valence-corrected chi connectivity index (χ3v) is 3.06. The Morgan fingerprint density at radius 2 is 1.67 bits per heavy atom. The molecule has 0 fully saturated rings. The minimum Gasteiger partial charge on any atom is -0.288 e. The van der Waals surface area contributed by atoms with Crippen LogP contribution in [0.15, 0.2) is 52.8 Å². The molecule has 1 heterocycles. The number of hydrogen-bond acceptors (Lipinski definition) is 4. The van der Waals surface area contributed by atoms with Gasteiger partial charge in [-0.2, -0.15) is 5.10 Å². The lowest BCUT2D eigenvalue weighted by Crippen LogP contribution is -2.18. The smallest absolute Gasteiger partial charge is 0.199 e. The van der Waals surface area contributed by atoms with Gasteiger partial charge >= 0.3 is 0 Å². The van der Waals surface area contributed by atoms with Gasteiger partial charge in [0, 0.05) is 24.4 Å². The molecule has 0 N–H and O–H groups in total. The molecule has 0 saturated carbocycles. The van der Waals surface area contributed by atoms with Crippen LogP contribution in [-0.2, 0) is 0 Å². The molecular formula is C14H10N2O2. The van der Waals surface area contributed by atoms with E-state index in [0.717, 1.165) is 0 Å². The van der Waals surface area contributed by atoms with Crippen LogP contribution >= 0.6 is 0 Å². The highest BCUT2D eigenvalue weighted by atomic mass is 16.2. The summed E-state index contributed by atoms with van der Waals surface area (Å²) < 4.78 is 0. The summed E-state index contributed by atoms with van der Waals surface area (Å²) in [7, 11) is 1.71. The maximum atomic E-state index is 12.3. The Bertz CT molecular complexity index is 617. The molecule has 4 heteroatoms. The molecule has 0 aromatic heterocycles. The first-order valence-corrected chi connectivity index (χ1v) is 5.57. The fraction of sp³-hybridized carbons (Fsp3) is 0.0714. The van der Waals surface area contributed by atoms with Crippen molar-refractivity contribution in [3.05, 3.63) is 58.8 Å². The number of allylic oxidation sites excluding steroid dienone is 3. The van der Waals surface area contributed by atoms with Gasteiger partial charge in [-0.25, -0.2) is 0 Å². The molecule has 1 aromatic rings. The number of carbonyl (C=O) groups is 2. The second kappa shape index (κ2) is 3.77. The summed E-state index contributed by atoms with van der Waals surface area (Å²) >= 11 is 0. The Balaban J connectivity index is 2.21. The fourth-order valence-corrected chi connectivity index (χ4v) is 2.17. The molecule has 3 rings (SSSR count). The SMILES string of the molecule is CN1N=CC=CC1=C1C(=O)c2ccccc2C1=O. The molecule has 2 aliphatic rings. The number of hydrogen-bond donors (Lipinski definition) is 0. The fourth-order valence-electron chi connectivity index (χ4n) is 2.17. The number of ketones is 2. The Morgan fingerprint density at radius 1 is 1.06 bits per heavy atom. The van der Waals surface area contributed by atoms with E-state index in [0.29, 0.717) is 16.8 Å². The predicted octanol–water partition coefficient (Wildman–Crippen LogP) is 1.81. The summed E-state index contributed by atoms with van der Waals surface area (Å²) in [6.45, 7) is 0. The van der Waals surface area contributed by atoms with Crippen LogP contribution in [0.3, 0.4) is 0 Å². The summed E-state index contributed by atoms with van der Waals surface area (Å²) in [5, 5.41) is 5.59. The molecule has 1 aliphatic carbocycles. The van der Waals surface area contributed by atoms with E-state index >= 15 is 0 Å². The van der Waals surface area contributed by atoms with Crippen LogP contribution in [0.5, 0.6) is 0 Å². The van der Waals surface area contributed by atoms with Gasteiger partial charge in [0.05, 0.1) is 11.3 Å². The van der Waals surface area contributed by atoms with E-state index in [2.05, 4.69) is 5.10 Å². The number of likely N-dealkylation sites (N-methyl/N-ethyl adjacent to an activating group) is 1. The second-order valence-electron chi connectivity index (χ2n) is 4.11. The van der Waals surface area contributed by atoms with Crippen molar-refractivity contribution >= 4 is 17.8 Å². The Kier molecular flexibility index (Phi) is 2.23. The van der Waals surface area contributed by atoms with Gasteiger partial charge in [0.15, 0.2) is 11.6 Å². The third kappa shape index (κ3) is 1.35. The number of nitrogens with zero attached hydrogens (tertiary/aromatic N) is 2. The zero-order valence-electron chi connectivity index (χ0n) is 9.75. The van der Waals surface area contributed by atoms with E-state index in [-0.39, 0.29) is 17.1 Å². The lowest BCUT2D eigenvalue weighted by molar-refractivity contribution is 0.0984. The molecule has 0 saturated heterocycles. The van der Waals surface area contributed by atoms with Crippen molar-refractivity contribution in [3.8, 4) is 0 Å². The van der Waals surface area contributed by atoms with Gasteiger partial charge < -0.3 is 0 Å². The van der Waals surface area contributed by atoms with Gasteiger partial charge in [0.25, 0.3) is 0 Å². The van der Waals surface area contributed by atoms with Crippen LogP contribution in [-0.4, -0.2) is 29.8 Å². The topological polar surface area (TPSA) is 49.7 Å². The van der Waals surface area contributed by atoms with Gasteiger partial charge in [-0.05, 0) is 12.2 Å². The van der Waals surface area contributed by atoms with Crippen LogP contribution in [0.4, 0.5) is 0 Å². The number of rotatable bonds is 0. The maximum Gasteiger partial charge on any atom is 0.199 e. The summed E-state index contributed by atoms with van der Waals surface area (Å²) in [6.07, 6.45) is 5.05. The number of carbonyl (C=O) groups excluding carboxylic acids is 2. The first kappa shape index (κ1) is 10.7. The van der Waals surface area contributed by atoms with E-state index in [1.54, 1.807) is 49.7 Å². The minimum atomic E-state index is -0.223. The molecule has 4 nitrogen and oxygen atoms in total. The van der Waals surface area contributed by atoms with E-state index in [1.807, 2.05) is 0 Å². The van der Waals surface area contributed by atoms with Crippen molar-refractivity contribution in [1.29, 1.82) is 0 Å². The van der Waals surface area contributed by atoms with Gasteiger partial charge in [-0.15, -0.1) is 0 Å². The number of benzene rings is 1. The molecule has 1 aliphatic heterocycles. The van der Waals surface area contributed by atoms with Crippen LogP contribution in [0.25, 0.3) is 0 Å². The summed E-state index contributed by atoms with van der Waals surface area (Å²) in [6, 6.07) is 6.88. The summed E-state index contributed by atoms with van der Waals surface area (Å²) in [5.41, 5.74) is 1.69. The first-order chi connectivity index (χ1) is 8.70. The Morgan fingerprint density at radius 3 is 2.22 bits per heavy atom. The number of Topliss-reactive ketones (excluding diaryl/α,β-unsaturated/α-hetero) is 2. The van der Waals surface area contributed by atoms with Gasteiger partial charge in [-0.1, -0.05) is 24.3 Å². The highest BCUT2D eigenvalue weighted by Gasteiger charge is 2.35. The molecule has 0 atom stereocenters. The molecule has 1 aromatic carbocycles. The Labute approximate surface area is 104 Å². The monoisotopic (exact) mass is 238 g/mol. The van der Waals surface area contributed by atoms with Crippen molar-refractivity contribution in [1.82, 2.24) is 5.01 Å². The lowest BCUT2D eigenvalue weighted by Gasteiger charge is -2.17. The van der Waals surface area contributed by atoms with E-state index in [1.165, 1.54) is 5.01 Å². The molecule has 0 radical (unpaired) electrons. The van der Waals surface area contributed by atoms with Crippen LogP contribution in [0.1, 0.15) is 20.7 Å². The molecular weight excluding hydrogens is 228 g/mol. The molecule has 18 heavy (non-hydrogen) atoms. The lowest BCUT2D eigenvalue weighted by atomic mass is 10.1. The quantitative estimate of drug-likeness (QED) is 0.511. The maximum absolute atomic E-state index is 12.3. The molecule has 0 amide bonds. The van der Waals surface area contributed by atoms with Crippen LogP contribution < -0.4 is 0 Å². The van der Waals surface area contributed by atoms with Crippen molar-refractivity contribution < 1.29 is 9.59 Å². The summed E-state index contributed by atoms with van der Waals surface area (Å²) in [5.74, 6) is -0.446. The third-order valence-electron chi connectivity index (χ3n) is 3.06. The highest BCUT2D eigenvalue weighted by Crippen LogP contribution is 2.30. The normalized spacial score (nSPS) is 17.7. The second-order valence-corrected chi connectivity index (χ2v) is 4.11. The van der Waals surface area contributed by atoms with Crippen LogP contribution in [0.2, 0.25) is 0 Å². The van der Waals surface area contributed by atoms with Crippen molar-refractivity contribution in [2.45, 2.75) is 0 Å². The molecule has 0 unspecified atom stereocenters. The number of fused-ring (bicyclic) bond motifs is 1. The average molecular weight is 238 g/mol. The first-order valence-electron chi connectivity index (χ1n) is 5.57. The van der Waals surface area contributed by atoms with Gasteiger partial charge in [0.1, 0.15) is 0 Å². The zero-order chi connectivity index (χ0) is 12.7. The van der Waals surface area contributed by atoms with Crippen molar-refractivity contribution in [2.24, 2.45) is 5.10 Å². The van der Waals surface area contributed by atoms with E-state index in [9.17, 15) is 9.59 Å². The Hall–Kier alpha value is -2.49.